The number of rotatable bonds is 1. The molecule has 0 saturated carbocycles. The topological polar surface area (TPSA) is 80.8 Å². The number of esters is 2. The molecule has 0 aromatic carbocycles. The van der Waals surface area contributed by atoms with Gasteiger partial charge in [-0.25, -0.2) is 9.59 Å². The van der Waals surface area contributed by atoms with Gasteiger partial charge in [-0.3, -0.25) is 10.3 Å². The monoisotopic (exact) mass is 287 g/mol. The molecule has 1 aromatic heterocycles. The fourth-order valence-electron chi connectivity index (χ4n) is 3.17. The third-order valence-corrected chi connectivity index (χ3v) is 4.16. The third-order valence-electron chi connectivity index (χ3n) is 4.16. The second-order valence-corrected chi connectivity index (χ2v) is 5.29. The van der Waals surface area contributed by atoms with Crippen molar-refractivity contribution in [1.29, 1.82) is 0 Å². The van der Waals surface area contributed by atoms with E-state index in [1.54, 1.807) is 12.4 Å². The van der Waals surface area contributed by atoms with Crippen LogP contribution in [0.3, 0.4) is 0 Å². The number of ether oxygens (including phenoxy) is 2. The van der Waals surface area contributed by atoms with Crippen LogP contribution in [0.1, 0.15) is 0 Å². The standard InChI is InChI=1S/C14H13N3O4/c18-11-3-4-12(19)21-14-8-17(9-2-1-5-15-6-9)10(14)7-16-13(14)20-11/h1-6,10,13,16H,7-8H2/b4-3+/t10-,13?,14+/m1/s1. The van der Waals surface area contributed by atoms with Crippen LogP contribution in [0.5, 0.6) is 0 Å². The van der Waals surface area contributed by atoms with Crippen LogP contribution in [0.4, 0.5) is 5.69 Å². The molecule has 3 atom stereocenters. The minimum atomic E-state index is -0.826. The van der Waals surface area contributed by atoms with E-state index >= 15 is 0 Å². The van der Waals surface area contributed by atoms with Crippen molar-refractivity contribution in [3.63, 3.8) is 0 Å². The van der Waals surface area contributed by atoms with Crippen molar-refractivity contribution in [2.75, 3.05) is 18.0 Å². The highest BCUT2D eigenvalue weighted by molar-refractivity contribution is 5.92. The van der Waals surface area contributed by atoms with Gasteiger partial charge in [0.15, 0.2) is 6.23 Å². The van der Waals surface area contributed by atoms with Gasteiger partial charge in [-0.15, -0.1) is 0 Å². The maximum Gasteiger partial charge on any atom is 0.332 e. The van der Waals surface area contributed by atoms with Crippen molar-refractivity contribution in [1.82, 2.24) is 10.3 Å². The Balaban J connectivity index is 1.65. The van der Waals surface area contributed by atoms with Crippen LogP contribution in [-0.2, 0) is 19.1 Å². The minimum absolute atomic E-state index is 0.0741. The summed E-state index contributed by atoms with van der Waals surface area (Å²) < 4.78 is 10.9. The van der Waals surface area contributed by atoms with Gasteiger partial charge < -0.3 is 14.4 Å². The molecule has 1 aromatic rings. The van der Waals surface area contributed by atoms with Gasteiger partial charge in [0.1, 0.15) is 0 Å². The molecule has 0 amide bonds. The Kier molecular flexibility index (Phi) is 2.52. The molecule has 108 valence electrons. The highest BCUT2D eigenvalue weighted by Gasteiger charge is 2.66. The van der Waals surface area contributed by atoms with E-state index in [-0.39, 0.29) is 6.04 Å². The van der Waals surface area contributed by atoms with Crippen LogP contribution < -0.4 is 10.2 Å². The lowest BCUT2D eigenvalue weighted by Gasteiger charge is -2.54. The molecule has 2 fully saturated rings. The average Bonchev–Trinajstić information content (AvgIpc) is 2.70. The van der Waals surface area contributed by atoms with E-state index in [9.17, 15) is 9.59 Å². The average molecular weight is 287 g/mol. The smallest absolute Gasteiger partial charge is 0.332 e. The quantitative estimate of drug-likeness (QED) is 0.703. The lowest BCUT2D eigenvalue weighted by Crippen LogP contribution is -2.74. The number of hydrogen-bond acceptors (Lipinski definition) is 7. The Morgan fingerprint density at radius 3 is 3.00 bits per heavy atom. The molecule has 1 unspecified atom stereocenters. The lowest BCUT2D eigenvalue weighted by atomic mass is 9.84. The van der Waals surface area contributed by atoms with Crippen molar-refractivity contribution in [2.45, 2.75) is 17.9 Å². The molecule has 7 nitrogen and oxygen atoms in total. The molecule has 1 N–H and O–H groups in total. The number of anilines is 1. The highest BCUT2D eigenvalue weighted by atomic mass is 16.6. The summed E-state index contributed by atoms with van der Waals surface area (Å²) in [6.07, 6.45) is 5.04. The summed E-state index contributed by atoms with van der Waals surface area (Å²) in [7, 11) is 0. The lowest BCUT2D eigenvalue weighted by molar-refractivity contribution is -0.188. The normalized spacial score (nSPS) is 35.5. The van der Waals surface area contributed by atoms with Crippen LogP contribution in [0.15, 0.2) is 36.7 Å². The van der Waals surface area contributed by atoms with Gasteiger partial charge in [0.05, 0.1) is 24.5 Å². The Hall–Kier alpha value is -2.41. The molecular formula is C14H13N3O4. The number of carbonyl (C=O) groups excluding carboxylic acids is 2. The molecule has 3 aliphatic heterocycles. The van der Waals surface area contributed by atoms with Gasteiger partial charge in [0.2, 0.25) is 5.60 Å². The summed E-state index contributed by atoms with van der Waals surface area (Å²) in [6.45, 7) is 1.04. The van der Waals surface area contributed by atoms with Crippen LogP contribution >= 0.6 is 0 Å². The number of nitrogens with zero attached hydrogens (tertiary/aromatic N) is 2. The van der Waals surface area contributed by atoms with Crippen LogP contribution in [-0.4, -0.2) is 47.9 Å². The van der Waals surface area contributed by atoms with Gasteiger partial charge in [0, 0.05) is 24.9 Å². The van der Waals surface area contributed by atoms with E-state index in [4.69, 9.17) is 9.47 Å². The molecule has 2 saturated heterocycles. The van der Waals surface area contributed by atoms with Crippen LogP contribution in [0.25, 0.3) is 0 Å². The highest BCUT2D eigenvalue weighted by Crippen LogP contribution is 2.43. The summed E-state index contributed by atoms with van der Waals surface area (Å²) in [5.41, 5.74) is 0.128. The summed E-state index contributed by atoms with van der Waals surface area (Å²) in [4.78, 5) is 29.5. The van der Waals surface area contributed by atoms with Gasteiger partial charge in [0.25, 0.3) is 0 Å². The van der Waals surface area contributed by atoms with Crippen molar-refractivity contribution in [2.24, 2.45) is 0 Å². The van der Waals surface area contributed by atoms with Crippen molar-refractivity contribution in [3.05, 3.63) is 36.7 Å². The van der Waals surface area contributed by atoms with E-state index in [1.165, 1.54) is 0 Å². The molecule has 0 radical (unpaired) electrons. The molecule has 4 rings (SSSR count). The molecule has 7 heteroatoms. The fourth-order valence-corrected chi connectivity index (χ4v) is 3.17. The van der Waals surface area contributed by atoms with Crippen LogP contribution in [0.2, 0.25) is 0 Å². The predicted molar refractivity (Wildman–Crippen MR) is 71.2 cm³/mol. The molecular weight excluding hydrogens is 274 g/mol. The van der Waals surface area contributed by atoms with Gasteiger partial charge in [-0.2, -0.15) is 0 Å². The van der Waals surface area contributed by atoms with E-state index < -0.39 is 23.8 Å². The second kappa shape index (κ2) is 4.29. The van der Waals surface area contributed by atoms with E-state index in [1.807, 2.05) is 12.1 Å². The fraction of sp³-hybridized carbons (Fsp3) is 0.357. The molecule has 0 bridgehead atoms. The number of pyridine rings is 1. The number of carbonyl (C=O) groups is 2. The van der Waals surface area contributed by atoms with E-state index in [0.717, 1.165) is 17.8 Å². The van der Waals surface area contributed by atoms with Crippen LogP contribution in [0, 0.1) is 0 Å². The zero-order chi connectivity index (χ0) is 14.4. The predicted octanol–water partition coefficient (Wildman–Crippen LogP) is -0.405. The first-order valence-corrected chi connectivity index (χ1v) is 6.71. The second-order valence-electron chi connectivity index (χ2n) is 5.29. The summed E-state index contributed by atoms with van der Waals surface area (Å²) >= 11 is 0. The molecule has 4 heterocycles. The van der Waals surface area contributed by atoms with E-state index in [2.05, 4.69) is 15.2 Å². The number of aromatic nitrogens is 1. The minimum Gasteiger partial charge on any atom is -0.446 e. The summed E-state index contributed by atoms with van der Waals surface area (Å²) in [6, 6.07) is 3.73. The Morgan fingerprint density at radius 2 is 2.19 bits per heavy atom. The number of nitrogens with one attached hydrogen (secondary N) is 1. The Labute approximate surface area is 120 Å². The largest absolute Gasteiger partial charge is 0.446 e. The molecule has 3 aliphatic rings. The van der Waals surface area contributed by atoms with Crippen molar-refractivity contribution in [3.8, 4) is 0 Å². The van der Waals surface area contributed by atoms with Crippen molar-refractivity contribution >= 4 is 17.6 Å². The first-order valence-electron chi connectivity index (χ1n) is 6.71. The SMILES string of the molecule is O=C1/C=C/C(=O)O[C@@]23CN(c4cccnc4)[C@@H]2CNC3O1. The first kappa shape index (κ1) is 12.3. The van der Waals surface area contributed by atoms with E-state index in [0.29, 0.717) is 13.1 Å². The maximum atomic E-state index is 11.8. The zero-order valence-electron chi connectivity index (χ0n) is 11.1. The van der Waals surface area contributed by atoms with Gasteiger partial charge >= 0.3 is 11.9 Å². The summed E-state index contributed by atoms with van der Waals surface area (Å²) in [5.74, 6) is -1.06. The summed E-state index contributed by atoms with van der Waals surface area (Å²) in [5, 5.41) is 3.11. The molecule has 0 aliphatic carbocycles. The van der Waals surface area contributed by atoms with Crippen molar-refractivity contribution < 1.29 is 19.1 Å². The number of hydrogen-bond donors (Lipinski definition) is 1. The Bertz CT molecular complexity index is 632. The maximum absolute atomic E-state index is 11.8. The third kappa shape index (κ3) is 1.74. The first-order chi connectivity index (χ1) is 10.2. The molecule has 21 heavy (non-hydrogen) atoms. The molecule has 1 spiro atoms. The van der Waals surface area contributed by atoms with Gasteiger partial charge in [-0.1, -0.05) is 0 Å². The van der Waals surface area contributed by atoms with Gasteiger partial charge in [-0.05, 0) is 12.1 Å². The Morgan fingerprint density at radius 1 is 1.33 bits per heavy atom. The zero-order valence-corrected chi connectivity index (χ0v) is 11.1.